The Morgan fingerprint density at radius 1 is 1.10 bits per heavy atom. The van der Waals surface area contributed by atoms with Gasteiger partial charge >= 0.3 is 0 Å². The average molecular weight is 417 g/mol. The summed E-state index contributed by atoms with van der Waals surface area (Å²) in [5.74, 6) is 0.375. The SMILES string of the molecule is [C-]#[N+]c1cccc(N2CCN(C(=O)c3nn(CC)c(=O)c4ccccc34)CC2)c1OC. The van der Waals surface area contributed by atoms with Crippen molar-refractivity contribution in [2.45, 2.75) is 13.5 Å². The van der Waals surface area contributed by atoms with Crippen molar-refractivity contribution in [1.82, 2.24) is 14.7 Å². The molecule has 0 unspecified atom stereocenters. The molecule has 3 aromatic rings. The molecule has 31 heavy (non-hydrogen) atoms. The summed E-state index contributed by atoms with van der Waals surface area (Å²) < 4.78 is 6.81. The Kier molecular flexibility index (Phi) is 5.58. The Balaban J connectivity index is 1.60. The Morgan fingerprint density at radius 3 is 2.45 bits per heavy atom. The third-order valence-electron chi connectivity index (χ3n) is 5.58. The molecule has 0 N–H and O–H groups in total. The van der Waals surface area contributed by atoms with E-state index in [-0.39, 0.29) is 11.5 Å². The summed E-state index contributed by atoms with van der Waals surface area (Å²) in [5.41, 5.74) is 1.44. The van der Waals surface area contributed by atoms with Crippen molar-refractivity contribution in [1.29, 1.82) is 0 Å². The summed E-state index contributed by atoms with van der Waals surface area (Å²) in [6, 6.07) is 12.6. The predicted octanol–water partition coefficient (Wildman–Crippen LogP) is 2.94. The zero-order valence-electron chi connectivity index (χ0n) is 17.5. The van der Waals surface area contributed by atoms with E-state index in [1.54, 1.807) is 36.3 Å². The number of benzene rings is 2. The van der Waals surface area contributed by atoms with Crippen LogP contribution >= 0.6 is 0 Å². The fourth-order valence-corrected chi connectivity index (χ4v) is 3.97. The average Bonchev–Trinajstić information content (AvgIpc) is 2.83. The molecule has 0 saturated carbocycles. The minimum Gasteiger partial charge on any atom is -0.506 e. The molecule has 1 fully saturated rings. The van der Waals surface area contributed by atoms with Crippen molar-refractivity contribution in [2.24, 2.45) is 0 Å². The highest BCUT2D eigenvalue weighted by Gasteiger charge is 2.27. The molecule has 0 atom stereocenters. The number of fused-ring (bicyclic) bond motifs is 1. The van der Waals surface area contributed by atoms with Gasteiger partial charge in [-0.3, -0.25) is 9.59 Å². The van der Waals surface area contributed by atoms with Crippen LogP contribution in [0.15, 0.2) is 47.3 Å². The molecule has 2 heterocycles. The molecule has 158 valence electrons. The molecule has 0 bridgehead atoms. The summed E-state index contributed by atoms with van der Waals surface area (Å²) in [4.78, 5) is 33.3. The number of rotatable bonds is 4. The molecule has 1 amide bonds. The van der Waals surface area contributed by atoms with E-state index in [4.69, 9.17) is 11.3 Å². The lowest BCUT2D eigenvalue weighted by Gasteiger charge is -2.36. The number of anilines is 1. The smallest absolute Gasteiger partial charge is 0.275 e. The largest absolute Gasteiger partial charge is 0.506 e. The lowest BCUT2D eigenvalue weighted by molar-refractivity contribution is 0.0740. The van der Waals surface area contributed by atoms with E-state index in [2.05, 4.69) is 14.8 Å². The highest BCUT2D eigenvalue weighted by molar-refractivity contribution is 6.04. The second kappa shape index (κ2) is 8.48. The maximum absolute atomic E-state index is 13.3. The van der Waals surface area contributed by atoms with Gasteiger partial charge in [0.2, 0.25) is 5.69 Å². The molecule has 1 aliphatic rings. The first-order valence-electron chi connectivity index (χ1n) is 10.2. The quantitative estimate of drug-likeness (QED) is 0.611. The number of hydrogen-bond donors (Lipinski definition) is 0. The van der Waals surface area contributed by atoms with Gasteiger partial charge in [0.25, 0.3) is 11.5 Å². The highest BCUT2D eigenvalue weighted by Crippen LogP contribution is 2.38. The number of amides is 1. The fourth-order valence-electron chi connectivity index (χ4n) is 3.97. The highest BCUT2D eigenvalue weighted by atomic mass is 16.5. The number of piperazine rings is 1. The molecule has 2 aromatic carbocycles. The van der Waals surface area contributed by atoms with Crippen LogP contribution in [0.3, 0.4) is 0 Å². The zero-order valence-corrected chi connectivity index (χ0v) is 17.5. The summed E-state index contributed by atoms with van der Waals surface area (Å²) in [5, 5.41) is 5.45. The minimum absolute atomic E-state index is 0.181. The van der Waals surface area contributed by atoms with Gasteiger partial charge < -0.3 is 14.5 Å². The van der Waals surface area contributed by atoms with Crippen LogP contribution < -0.4 is 15.2 Å². The van der Waals surface area contributed by atoms with Gasteiger partial charge in [-0.1, -0.05) is 30.3 Å². The molecular weight excluding hydrogens is 394 g/mol. The first-order chi connectivity index (χ1) is 15.1. The third kappa shape index (κ3) is 3.59. The number of hydrogen-bond acceptors (Lipinski definition) is 5. The van der Waals surface area contributed by atoms with Gasteiger partial charge in [0.15, 0.2) is 5.69 Å². The topological polar surface area (TPSA) is 72.0 Å². The first-order valence-corrected chi connectivity index (χ1v) is 10.2. The van der Waals surface area contributed by atoms with Crippen LogP contribution in [-0.4, -0.2) is 53.9 Å². The number of nitrogens with zero attached hydrogens (tertiary/aromatic N) is 5. The van der Waals surface area contributed by atoms with E-state index < -0.39 is 0 Å². The van der Waals surface area contributed by atoms with Crippen molar-refractivity contribution in [3.05, 3.63) is 69.9 Å². The second-order valence-electron chi connectivity index (χ2n) is 7.24. The summed E-state index contributed by atoms with van der Waals surface area (Å²) in [7, 11) is 1.56. The van der Waals surface area contributed by atoms with Crippen LogP contribution in [-0.2, 0) is 6.54 Å². The van der Waals surface area contributed by atoms with Crippen LogP contribution in [0, 0.1) is 6.57 Å². The van der Waals surface area contributed by atoms with Gasteiger partial charge in [0.05, 0.1) is 24.8 Å². The summed E-state index contributed by atoms with van der Waals surface area (Å²) in [6.45, 7) is 11.8. The van der Waals surface area contributed by atoms with Gasteiger partial charge in [-0.25, -0.2) is 9.53 Å². The van der Waals surface area contributed by atoms with Crippen LogP contribution in [0.2, 0.25) is 0 Å². The van der Waals surface area contributed by atoms with Crippen molar-refractivity contribution in [3.8, 4) is 5.75 Å². The maximum Gasteiger partial charge on any atom is 0.275 e. The first kappa shape index (κ1) is 20.4. The van der Waals surface area contributed by atoms with Crippen molar-refractivity contribution in [2.75, 3.05) is 38.2 Å². The van der Waals surface area contributed by atoms with Gasteiger partial charge in [0.1, 0.15) is 5.75 Å². The second-order valence-corrected chi connectivity index (χ2v) is 7.24. The van der Waals surface area contributed by atoms with Gasteiger partial charge in [-0.05, 0) is 19.1 Å². The molecule has 1 saturated heterocycles. The Bertz CT molecular complexity index is 1240. The van der Waals surface area contributed by atoms with Gasteiger partial charge in [0, 0.05) is 38.1 Å². The molecule has 0 spiro atoms. The van der Waals surface area contributed by atoms with E-state index >= 15 is 0 Å². The summed E-state index contributed by atoms with van der Waals surface area (Å²) in [6.07, 6.45) is 0. The van der Waals surface area contributed by atoms with Crippen LogP contribution in [0.5, 0.6) is 5.75 Å². The molecular formula is C23H23N5O3. The van der Waals surface area contributed by atoms with Crippen LogP contribution in [0.25, 0.3) is 15.6 Å². The van der Waals surface area contributed by atoms with Crippen molar-refractivity contribution >= 4 is 28.1 Å². The fraction of sp³-hybridized carbons (Fsp3) is 0.304. The molecule has 0 aliphatic carbocycles. The lowest BCUT2D eigenvalue weighted by Crippen LogP contribution is -2.49. The van der Waals surface area contributed by atoms with E-state index in [1.165, 1.54) is 4.68 Å². The predicted molar refractivity (Wildman–Crippen MR) is 119 cm³/mol. The third-order valence-corrected chi connectivity index (χ3v) is 5.58. The van der Waals surface area contributed by atoms with Crippen molar-refractivity contribution < 1.29 is 9.53 Å². The Labute approximate surface area is 180 Å². The number of aryl methyl sites for hydroxylation is 1. The number of aromatic nitrogens is 2. The minimum atomic E-state index is -0.189. The molecule has 8 heteroatoms. The molecule has 0 radical (unpaired) electrons. The molecule has 4 rings (SSSR count). The van der Waals surface area contributed by atoms with Crippen LogP contribution in [0.1, 0.15) is 17.4 Å². The number of carbonyl (C=O) groups excluding carboxylic acids is 1. The summed E-state index contributed by atoms with van der Waals surface area (Å²) >= 11 is 0. The molecule has 1 aromatic heterocycles. The Hall–Kier alpha value is -3.86. The number of para-hydroxylation sites is 1. The normalized spacial score (nSPS) is 13.8. The monoisotopic (exact) mass is 417 g/mol. The van der Waals surface area contributed by atoms with Gasteiger partial charge in [-0.2, -0.15) is 5.10 Å². The van der Waals surface area contributed by atoms with Gasteiger partial charge in [-0.15, -0.1) is 0 Å². The van der Waals surface area contributed by atoms with E-state index in [9.17, 15) is 9.59 Å². The Morgan fingerprint density at radius 2 is 1.81 bits per heavy atom. The van der Waals surface area contributed by atoms with E-state index in [0.29, 0.717) is 60.6 Å². The van der Waals surface area contributed by atoms with E-state index in [1.807, 2.05) is 25.1 Å². The maximum atomic E-state index is 13.3. The lowest BCUT2D eigenvalue weighted by atomic mass is 10.1. The van der Waals surface area contributed by atoms with E-state index in [0.717, 1.165) is 5.69 Å². The number of methoxy groups -OCH3 is 1. The van der Waals surface area contributed by atoms with Crippen molar-refractivity contribution in [3.63, 3.8) is 0 Å². The van der Waals surface area contributed by atoms with Crippen LogP contribution in [0.4, 0.5) is 11.4 Å². The molecule has 1 aliphatic heterocycles. The zero-order chi connectivity index (χ0) is 22.0. The standard InChI is InChI=1S/C23H23N5O3/c1-4-28-22(29)17-9-6-5-8-16(17)20(25-28)23(30)27-14-12-26(13-15-27)19-11-7-10-18(24-2)21(19)31-3/h5-11H,4,12-15H2,1,3H3. The number of ether oxygens (including phenoxy) is 1. The molecule has 8 nitrogen and oxygen atoms in total. The number of carbonyl (C=O) groups is 1.